The van der Waals surface area contributed by atoms with Gasteiger partial charge in [-0.05, 0) is 32.4 Å². The van der Waals surface area contributed by atoms with Gasteiger partial charge in [-0.3, -0.25) is 4.90 Å². The third-order valence-corrected chi connectivity index (χ3v) is 3.94. The van der Waals surface area contributed by atoms with Crippen LogP contribution in [0.25, 0.3) is 0 Å². The molecule has 1 fully saturated rings. The second kappa shape index (κ2) is 5.75. The molecule has 0 amide bonds. The quantitative estimate of drug-likeness (QED) is 0.872. The number of hydrogen-bond donors (Lipinski definition) is 1. The van der Waals surface area contributed by atoms with Crippen molar-refractivity contribution in [1.82, 2.24) is 15.2 Å². The number of likely N-dealkylation sites (tertiary alicyclic amines) is 1. The second-order valence-electron chi connectivity index (χ2n) is 4.75. The van der Waals surface area contributed by atoms with Gasteiger partial charge in [0.25, 0.3) is 0 Å². The zero-order valence-corrected chi connectivity index (χ0v) is 11.0. The molecular weight excluding hydrogens is 218 g/mol. The summed E-state index contributed by atoms with van der Waals surface area (Å²) in [7, 11) is 1.96. The van der Waals surface area contributed by atoms with E-state index in [1.54, 1.807) is 11.3 Å². The molecule has 90 valence electrons. The van der Waals surface area contributed by atoms with E-state index < -0.39 is 0 Å². The second-order valence-corrected chi connectivity index (χ2v) is 5.69. The minimum Gasteiger partial charge on any atom is -0.314 e. The molecule has 1 N–H and O–H groups in total. The Bertz CT molecular complexity index is 324. The summed E-state index contributed by atoms with van der Waals surface area (Å²) in [6.45, 7) is 6.75. The van der Waals surface area contributed by atoms with Gasteiger partial charge in [0.2, 0.25) is 0 Å². The molecule has 1 unspecified atom stereocenters. The van der Waals surface area contributed by atoms with E-state index in [0.29, 0.717) is 0 Å². The van der Waals surface area contributed by atoms with Crippen molar-refractivity contribution in [1.29, 1.82) is 0 Å². The van der Waals surface area contributed by atoms with Gasteiger partial charge in [0, 0.05) is 18.5 Å². The summed E-state index contributed by atoms with van der Waals surface area (Å²) in [5.74, 6) is 0.852. The first kappa shape index (κ1) is 12.0. The standard InChI is InChI=1S/C12H21N3S/c1-10-4-3-5-15(7-10)8-12-14-11(6-13-2)9-16-12/h9-10,13H,3-8H2,1-2H3. The van der Waals surface area contributed by atoms with Crippen molar-refractivity contribution in [2.45, 2.75) is 32.9 Å². The highest BCUT2D eigenvalue weighted by molar-refractivity contribution is 7.09. The minimum atomic E-state index is 0.852. The Kier molecular flexibility index (Phi) is 4.32. The Hall–Kier alpha value is -0.450. The third kappa shape index (κ3) is 3.27. The molecule has 0 bridgehead atoms. The van der Waals surface area contributed by atoms with Crippen LogP contribution in [0.2, 0.25) is 0 Å². The monoisotopic (exact) mass is 239 g/mol. The normalized spacial score (nSPS) is 22.5. The molecule has 1 aromatic rings. The lowest BCUT2D eigenvalue weighted by Crippen LogP contribution is -2.33. The topological polar surface area (TPSA) is 28.2 Å². The summed E-state index contributed by atoms with van der Waals surface area (Å²) in [5, 5.41) is 6.57. The van der Waals surface area contributed by atoms with Gasteiger partial charge in [-0.2, -0.15) is 0 Å². The molecule has 1 atom stereocenters. The van der Waals surface area contributed by atoms with Gasteiger partial charge in [-0.1, -0.05) is 6.92 Å². The van der Waals surface area contributed by atoms with Gasteiger partial charge in [0.15, 0.2) is 0 Å². The largest absolute Gasteiger partial charge is 0.314 e. The van der Waals surface area contributed by atoms with Crippen LogP contribution >= 0.6 is 11.3 Å². The Labute approximate surface area is 102 Å². The van der Waals surface area contributed by atoms with Crippen LogP contribution in [0.4, 0.5) is 0 Å². The first-order valence-corrected chi connectivity index (χ1v) is 6.96. The maximum Gasteiger partial charge on any atom is 0.107 e. The molecule has 0 radical (unpaired) electrons. The van der Waals surface area contributed by atoms with Crippen LogP contribution in [-0.2, 0) is 13.1 Å². The average molecular weight is 239 g/mol. The smallest absolute Gasteiger partial charge is 0.107 e. The van der Waals surface area contributed by atoms with Crippen molar-refractivity contribution < 1.29 is 0 Å². The molecule has 4 heteroatoms. The van der Waals surface area contributed by atoms with Crippen LogP contribution in [-0.4, -0.2) is 30.0 Å². The summed E-state index contributed by atoms with van der Waals surface area (Å²) in [6.07, 6.45) is 2.73. The predicted octanol–water partition coefficient (Wildman–Crippen LogP) is 2.09. The van der Waals surface area contributed by atoms with Crippen molar-refractivity contribution in [2.24, 2.45) is 5.92 Å². The molecule has 3 nitrogen and oxygen atoms in total. The van der Waals surface area contributed by atoms with E-state index in [1.165, 1.54) is 36.6 Å². The lowest BCUT2D eigenvalue weighted by molar-refractivity contribution is 0.176. The van der Waals surface area contributed by atoms with E-state index >= 15 is 0 Å². The molecule has 2 rings (SSSR count). The Morgan fingerprint density at radius 1 is 1.62 bits per heavy atom. The van der Waals surface area contributed by atoms with E-state index in [2.05, 4.69) is 27.5 Å². The third-order valence-electron chi connectivity index (χ3n) is 3.06. The van der Waals surface area contributed by atoms with E-state index in [9.17, 15) is 0 Å². The van der Waals surface area contributed by atoms with Crippen molar-refractivity contribution in [3.63, 3.8) is 0 Å². The Morgan fingerprint density at radius 2 is 2.50 bits per heavy atom. The van der Waals surface area contributed by atoms with Gasteiger partial charge in [-0.15, -0.1) is 11.3 Å². The van der Waals surface area contributed by atoms with E-state index in [1.807, 2.05) is 7.05 Å². The van der Waals surface area contributed by atoms with Gasteiger partial charge >= 0.3 is 0 Å². The molecule has 0 aromatic carbocycles. The molecule has 0 saturated carbocycles. The molecule has 16 heavy (non-hydrogen) atoms. The maximum atomic E-state index is 4.63. The van der Waals surface area contributed by atoms with E-state index in [-0.39, 0.29) is 0 Å². The van der Waals surface area contributed by atoms with Crippen molar-refractivity contribution >= 4 is 11.3 Å². The predicted molar refractivity (Wildman–Crippen MR) is 68.6 cm³/mol. The SMILES string of the molecule is CNCc1csc(CN2CCCC(C)C2)n1. The number of hydrogen-bond acceptors (Lipinski definition) is 4. The highest BCUT2D eigenvalue weighted by Gasteiger charge is 2.17. The fourth-order valence-corrected chi connectivity index (χ4v) is 3.14. The molecule has 0 aliphatic carbocycles. The molecule has 2 heterocycles. The highest BCUT2D eigenvalue weighted by Crippen LogP contribution is 2.19. The summed E-state index contributed by atoms with van der Waals surface area (Å²) in [4.78, 5) is 7.17. The van der Waals surface area contributed by atoms with Crippen LogP contribution in [0.1, 0.15) is 30.5 Å². The molecule has 1 aliphatic heterocycles. The van der Waals surface area contributed by atoms with E-state index in [4.69, 9.17) is 0 Å². The molecule has 1 aliphatic rings. The highest BCUT2D eigenvalue weighted by atomic mass is 32.1. The van der Waals surface area contributed by atoms with Crippen molar-refractivity contribution in [2.75, 3.05) is 20.1 Å². The fraction of sp³-hybridized carbons (Fsp3) is 0.750. The summed E-state index contributed by atoms with van der Waals surface area (Å²) < 4.78 is 0. The van der Waals surface area contributed by atoms with Gasteiger partial charge in [-0.25, -0.2) is 4.98 Å². The van der Waals surface area contributed by atoms with Gasteiger partial charge in [0.1, 0.15) is 5.01 Å². The zero-order chi connectivity index (χ0) is 11.4. The Morgan fingerprint density at radius 3 is 3.25 bits per heavy atom. The van der Waals surface area contributed by atoms with Gasteiger partial charge < -0.3 is 5.32 Å². The van der Waals surface area contributed by atoms with Crippen LogP contribution in [0.15, 0.2) is 5.38 Å². The summed E-state index contributed by atoms with van der Waals surface area (Å²) >= 11 is 1.79. The molecular formula is C12H21N3S. The van der Waals surface area contributed by atoms with Crippen LogP contribution in [0.5, 0.6) is 0 Å². The number of aromatic nitrogens is 1. The van der Waals surface area contributed by atoms with Crippen molar-refractivity contribution in [3.05, 3.63) is 16.1 Å². The van der Waals surface area contributed by atoms with E-state index in [0.717, 1.165) is 19.0 Å². The Balaban J connectivity index is 1.87. The number of nitrogens with zero attached hydrogens (tertiary/aromatic N) is 2. The average Bonchev–Trinajstić information content (AvgIpc) is 2.66. The minimum absolute atomic E-state index is 0.852. The molecule has 0 spiro atoms. The number of piperidine rings is 1. The number of nitrogens with one attached hydrogen (secondary N) is 1. The van der Waals surface area contributed by atoms with Crippen LogP contribution < -0.4 is 5.32 Å². The maximum absolute atomic E-state index is 4.63. The van der Waals surface area contributed by atoms with Crippen LogP contribution in [0, 0.1) is 5.92 Å². The molecule has 1 saturated heterocycles. The summed E-state index contributed by atoms with van der Waals surface area (Å²) in [6, 6.07) is 0. The van der Waals surface area contributed by atoms with Crippen molar-refractivity contribution in [3.8, 4) is 0 Å². The lowest BCUT2D eigenvalue weighted by atomic mass is 10.0. The first-order chi connectivity index (χ1) is 7.78. The van der Waals surface area contributed by atoms with Gasteiger partial charge in [0.05, 0.1) is 12.2 Å². The fourth-order valence-electron chi connectivity index (χ4n) is 2.31. The number of thiazole rings is 1. The van der Waals surface area contributed by atoms with Crippen LogP contribution in [0.3, 0.4) is 0 Å². The number of rotatable bonds is 4. The lowest BCUT2D eigenvalue weighted by Gasteiger charge is -2.29. The molecule has 1 aromatic heterocycles. The first-order valence-electron chi connectivity index (χ1n) is 6.08. The zero-order valence-electron chi connectivity index (χ0n) is 10.2. The summed E-state index contributed by atoms with van der Waals surface area (Å²) in [5.41, 5.74) is 1.17.